The van der Waals surface area contributed by atoms with Crippen LogP contribution in [-0.2, 0) is 11.8 Å². The van der Waals surface area contributed by atoms with Crippen LogP contribution in [0.1, 0.15) is 35.0 Å². The summed E-state index contributed by atoms with van der Waals surface area (Å²) in [6.45, 7) is 3.12. The summed E-state index contributed by atoms with van der Waals surface area (Å²) in [6.07, 6.45) is 4.88. The summed E-state index contributed by atoms with van der Waals surface area (Å²) in [5.41, 5.74) is 2.75. The normalized spacial score (nSPS) is 14.8. The lowest BCUT2D eigenvalue weighted by Gasteiger charge is -2.30. The van der Waals surface area contributed by atoms with Crippen LogP contribution in [-0.4, -0.2) is 43.6 Å². The molecule has 0 atom stereocenters. The lowest BCUT2D eigenvalue weighted by atomic mass is 9.97. The van der Waals surface area contributed by atoms with Crippen molar-refractivity contribution in [1.29, 1.82) is 0 Å². The van der Waals surface area contributed by atoms with E-state index in [-0.39, 0.29) is 22.5 Å². The third-order valence-electron chi connectivity index (χ3n) is 5.71. The summed E-state index contributed by atoms with van der Waals surface area (Å²) >= 11 is 13.7. The van der Waals surface area contributed by atoms with E-state index in [9.17, 15) is 14.9 Å². The molecular formula is C22H21Cl2N5O3S. The molecule has 0 spiro atoms. The number of carbonyl (C=O) groups excluding carboxylic acids is 1. The Morgan fingerprint density at radius 2 is 2.03 bits per heavy atom. The molecule has 1 aliphatic heterocycles. The number of carbonyl (C=O) groups is 1. The zero-order valence-corrected chi connectivity index (χ0v) is 20.3. The minimum absolute atomic E-state index is 0.0546. The highest BCUT2D eigenvalue weighted by Gasteiger charge is 2.25. The fraction of sp³-hybridized carbons (Fsp3) is 0.318. The highest BCUT2D eigenvalue weighted by molar-refractivity contribution is 7.10. The second kappa shape index (κ2) is 9.62. The number of nitro benzene ring substituents is 1. The molecule has 0 radical (unpaired) electrons. The van der Waals surface area contributed by atoms with Gasteiger partial charge >= 0.3 is 0 Å². The van der Waals surface area contributed by atoms with Gasteiger partial charge in [0.25, 0.3) is 5.69 Å². The number of rotatable bonds is 5. The third kappa shape index (κ3) is 4.95. The van der Waals surface area contributed by atoms with Crippen LogP contribution >= 0.6 is 34.5 Å². The number of aryl methyl sites for hydroxylation is 2. The van der Waals surface area contributed by atoms with E-state index in [2.05, 4.69) is 5.10 Å². The molecule has 1 aliphatic rings. The number of hydrogen-bond donors (Lipinski definition) is 0. The summed E-state index contributed by atoms with van der Waals surface area (Å²) in [7, 11) is 1.76. The van der Waals surface area contributed by atoms with Crippen molar-refractivity contribution in [1.82, 2.24) is 19.7 Å². The smallest absolute Gasteiger partial charge is 0.288 e. The van der Waals surface area contributed by atoms with Crippen LogP contribution in [0.5, 0.6) is 0 Å². The van der Waals surface area contributed by atoms with Gasteiger partial charge in [-0.05, 0) is 31.9 Å². The number of benzene rings is 1. The summed E-state index contributed by atoms with van der Waals surface area (Å²) < 4.78 is 1.58. The van der Waals surface area contributed by atoms with E-state index in [0.717, 1.165) is 29.1 Å². The standard InChI is InChI=1S/C22H21Cl2N5O3S/c1-13-16(21(24)27(2)26-13)4-6-20(30)28-9-7-14(8-10-28)22-25-18(12-33-22)15-3-5-17(23)19(11-15)29(31)32/h3-6,11-12,14H,7-10H2,1-2H3/b6-4+. The molecule has 1 fully saturated rings. The van der Waals surface area contributed by atoms with Gasteiger partial charge in [0.05, 0.1) is 21.3 Å². The van der Waals surface area contributed by atoms with Gasteiger partial charge in [0, 0.05) is 54.7 Å². The molecule has 2 aromatic heterocycles. The van der Waals surface area contributed by atoms with Crippen LogP contribution in [0.3, 0.4) is 0 Å². The molecule has 0 saturated carbocycles. The Bertz CT molecular complexity index is 1240. The highest BCUT2D eigenvalue weighted by Crippen LogP contribution is 2.35. The molecule has 0 unspecified atom stereocenters. The predicted octanol–water partition coefficient (Wildman–Crippen LogP) is 5.49. The minimum atomic E-state index is -0.496. The Labute approximate surface area is 204 Å². The summed E-state index contributed by atoms with van der Waals surface area (Å²) in [5, 5.41) is 18.9. The third-order valence-corrected chi connectivity index (χ3v) is 7.48. The number of likely N-dealkylation sites (tertiary alicyclic amines) is 1. The van der Waals surface area contributed by atoms with Gasteiger partial charge in [-0.25, -0.2) is 4.98 Å². The molecule has 11 heteroatoms. The van der Waals surface area contributed by atoms with E-state index in [0.29, 0.717) is 29.5 Å². The molecule has 3 heterocycles. The Kier molecular flexibility index (Phi) is 6.83. The van der Waals surface area contributed by atoms with E-state index < -0.39 is 4.92 Å². The first-order valence-electron chi connectivity index (χ1n) is 10.3. The monoisotopic (exact) mass is 505 g/mol. The van der Waals surface area contributed by atoms with E-state index in [4.69, 9.17) is 28.2 Å². The van der Waals surface area contributed by atoms with Crippen molar-refractivity contribution in [3.05, 3.63) is 66.2 Å². The molecule has 1 aromatic carbocycles. The molecule has 0 aliphatic carbocycles. The van der Waals surface area contributed by atoms with Gasteiger partial charge < -0.3 is 4.90 Å². The molecule has 0 bridgehead atoms. The number of aromatic nitrogens is 3. The van der Waals surface area contributed by atoms with Crippen LogP contribution in [0.2, 0.25) is 10.2 Å². The molecule has 8 nitrogen and oxygen atoms in total. The summed E-state index contributed by atoms with van der Waals surface area (Å²) in [5.74, 6) is 0.190. The van der Waals surface area contributed by atoms with Gasteiger partial charge in [-0.15, -0.1) is 11.3 Å². The topological polar surface area (TPSA) is 94.2 Å². The number of nitro groups is 1. The number of halogens is 2. The fourth-order valence-electron chi connectivity index (χ4n) is 3.86. The molecule has 172 valence electrons. The van der Waals surface area contributed by atoms with Gasteiger partial charge in [0.2, 0.25) is 5.91 Å². The maximum atomic E-state index is 12.6. The van der Waals surface area contributed by atoms with Crippen molar-refractivity contribution in [3.63, 3.8) is 0 Å². The number of thiazole rings is 1. The van der Waals surface area contributed by atoms with Crippen molar-refractivity contribution < 1.29 is 9.72 Å². The van der Waals surface area contributed by atoms with Gasteiger partial charge in [-0.2, -0.15) is 5.10 Å². The Balaban J connectivity index is 1.39. The van der Waals surface area contributed by atoms with Crippen LogP contribution < -0.4 is 0 Å². The predicted molar refractivity (Wildman–Crippen MR) is 130 cm³/mol. The number of amides is 1. The maximum Gasteiger partial charge on any atom is 0.288 e. The lowest BCUT2D eigenvalue weighted by Crippen LogP contribution is -2.36. The second-order valence-corrected chi connectivity index (χ2v) is 9.50. The fourth-order valence-corrected chi connectivity index (χ4v) is 5.29. The molecule has 0 N–H and O–H groups in total. The van der Waals surface area contributed by atoms with Gasteiger partial charge in [0.15, 0.2) is 0 Å². The van der Waals surface area contributed by atoms with Crippen molar-refractivity contribution in [2.45, 2.75) is 25.7 Å². The van der Waals surface area contributed by atoms with Crippen LogP contribution in [0.15, 0.2) is 29.7 Å². The summed E-state index contributed by atoms with van der Waals surface area (Å²) in [4.78, 5) is 29.8. The number of nitrogens with zero attached hydrogens (tertiary/aromatic N) is 5. The van der Waals surface area contributed by atoms with E-state index >= 15 is 0 Å². The molecule has 1 saturated heterocycles. The number of hydrogen-bond acceptors (Lipinski definition) is 6. The molecule has 4 rings (SSSR count). The second-order valence-electron chi connectivity index (χ2n) is 7.84. The van der Waals surface area contributed by atoms with Crippen molar-refractivity contribution in [2.75, 3.05) is 13.1 Å². The Morgan fingerprint density at radius 1 is 1.30 bits per heavy atom. The first-order valence-corrected chi connectivity index (χ1v) is 11.9. The Morgan fingerprint density at radius 3 is 2.67 bits per heavy atom. The van der Waals surface area contributed by atoms with Gasteiger partial charge in [-0.1, -0.05) is 29.3 Å². The van der Waals surface area contributed by atoms with Crippen molar-refractivity contribution in [2.24, 2.45) is 7.05 Å². The Hall–Kier alpha value is -2.75. The van der Waals surface area contributed by atoms with Gasteiger partial charge in [-0.3, -0.25) is 19.6 Å². The molecule has 33 heavy (non-hydrogen) atoms. The molecule has 1 amide bonds. The minimum Gasteiger partial charge on any atom is -0.339 e. The average molecular weight is 506 g/mol. The first kappa shape index (κ1) is 23.4. The van der Waals surface area contributed by atoms with Crippen LogP contribution in [0.4, 0.5) is 5.69 Å². The average Bonchev–Trinajstić information content (AvgIpc) is 3.37. The first-order chi connectivity index (χ1) is 15.7. The lowest BCUT2D eigenvalue weighted by molar-refractivity contribution is -0.384. The van der Waals surface area contributed by atoms with Crippen molar-refractivity contribution >= 4 is 52.2 Å². The van der Waals surface area contributed by atoms with Crippen molar-refractivity contribution in [3.8, 4) is 11.3 Å². The maximum absolute atomic E-state index is 12.6. The van der Waals surface area contributed by atoms with E-state index in [1.807, 2.05) is 17.2 Å². The van der Waals surface area contributed by atoms with E-state index in [1.54, 1.807) is 29.9 Å². The van der Waals surface area contributed by atoms with Crippen LogP contribution in [0, 0.1) is 17.0 Å². The largest absolute Gasteiger partial charge is 0.339 e. The van der Waals surface area contributed by atoms with Crippen LogP contribution in [0.25, 0.3) is 17.3 Å². The zero-order chi connectivity index (χ0) is 23.7. The zero-order valence-electron chi connectivity index (χ0n) is 18.0. The highest BCUT2D eigenvalue weighted by atomic mass is 35.5. The van der Waals surface area contributed by atoms with Gasteiger partial charge in [0.1, 0.15) is 10.2 Å². The van der Waals surface area contributed by atoms with E-state index in [1.165, 1.54) is 23.5 Å². The summed E-state index contributed by atoms with van der Waals surface area (Å²) in [6, 6.07) is 4.70. The quantitative estimate of drug-likeness (QED) is 0.259. The SMILES string of the molecule is Cc1nn(C)c(Cl)c1/C=C/C(=O)N1CCC(c2nc(-c3ccc(Cl)c([N+](=O)[O-])c3)cs2)CC1. The molecular weight excluding hydrogens is 485 g/mol. The molecule has 3 aromatic rings. The number of piperidine rings is 1.